The first-order chi connectivity index (χ1) is 16.4. The van der Waals surface area contributed by atoms with Gasteiger partial charge in [0.2, 0.25) is 6.10 Å². The largest absolute Gasteiger partial charge is 0.497 e. The molecule has 0 N–H and O–H groups in total. The Morgan fingerprint density at radius 3 is 2.15 bits per heavy atom. The lowest BCUT2D eigenvalue weighted by Gasteiger charge is -2.47. The monoisotopic (exact) mass is 501 g/mol. The van der Waals surface area contributed by atoms with Gasteiger partial charge >= 0.3 is 0 Å². The van der Waals surface area contributed by atoms with Gasteiger partial charge in [-0.3, -0.25) is 4.79 Å². The summed E-state index contributed by atoms with van der Waals surface area (Å²) in [5.41, 5.74) is 1.89. The second-order valence-corrected chi connectivity index (χ2v) is 8.62. The van der Waals surface area contributed by atoms with E-state index in [1.807, 2.05) is 24.3 Å². The van der Waals surface area contributed by atoms with Crippen LogP contribution in [0.5, 0.6) is 23.0 Å². The number of ether oxygens (including phenoxy) is 4. The van der Waals surface area contributed by atoms with Crippen molar-refractivity contribution in [2.45, 2.75) is 18.6 Å². The van der Waals surface area contributed by atoms with E-state index < -0.39 is 6.10 Å². The Kier molecular flexibility index (Phi) is 7.39. The van der Waals surface area contributed by atoms with Crippen molar-refractivity contribution >= 4 is 29.1 Å². The van der Waals surface area contributed by atoms with Gasteiger partial charge in [0.25, 0.3) is 5.91 Å². The average Bonchev–Trinajstić information content (AvgIpc) is 2.87. The first-order valence-electron chi connectivity index (χ1n) is 10.7. The zero-order valence-electron chi connectivity index (χ0n) is 19.1. The summed E-state index contributed by atoms with van der Waals surface area (Å²) in [7, 11) is 4.80. The van der Waals surface area contributed by atoms with Gasteiger partial charge in [-0.2, -0.15) is 0 Å². The highest BCUT2D eigenvalue weighted by molar-refractivity contribution is 6.42. The van der Waals surface area contributed by atoms with E-state index in [1.165, 1.54) is 0 Å². The highest BCUT2D eigenvalue weighted by atomic mass is 35.5. The van der Waals surface area contributed by atoms with E-state index in [4.69, 9.17) is 42.1 Å². The third-order valence-electron chi connectivity index (χ3n) is 5.85. The van der Waals surface area contributed by atoms with E-state index in [9.17, 15) is 4.79 Å². The van der Waals surface area contributed by atoms with Crippen molar-refractivity contribution < 1.29 is 23.7 Å². The Hall–Kier alpha value is -3.09. The van der Waals surface area contributed by atoms with Gasteiger partial charge < -0.3 is 23.8 Å². The Bertz CT molecular complexity index is 1170. The number of hydrogen-bond acceptors (Lipinski definition) is 5. The Balaban J connectivity index is 1.55. The van der Waals surface area contributed by atoms with Gasteiger partial charge in [-0.25, -0.2) is 0 Å². The summed E-state index contributed by atoms with van der Waals surface area (Å²) in [6, 6.07) is 18.0. The van der Waals surface area contributed by atoms with Gasteiger partial charge in [0, 0.05) is 6.54 Å². The van der Waals surface area contributed by atoms with E-state index in [0.717, 1.165) is 11.1 Å². The number of amides is 1. The number of benzene rings is 3. The molecule has 3 aromatic carbocycles. The Morgan fingerprint density at radius 2 is 1.50 bits per heavy atom. The molecule has 6 nitrogen and oxygen atoms in total. The predicted octanol–water partition coefficient (Wildman–Crippen LogP) is 5.59. The molecule has 0 aromatic heterocycles. The molecule has 0 spiro atoms. The lowest BCUT2D eigenvalue weighted by Crippen LogP contribution is -2.61. The third-order valence-corrected chi connectivity index (χ3v) is 6.59. The van der Waals surface area contributed by atoms with Gasteiger partial charge in [0.05, 0.1) is 31.4 Å². The molecule has 34 heavy (non-hydrogen) atoms. The van der Waals surface area contributed by atoms with Gasteiger partial charge in [0.15, 0.2) is 11.5 Å². The molecule has 0 bridgehead atoms. The molecule has 178 valence electrons. The molecule has 0 radical (unpaired) electrons. The van der Waals surface area contributed by atoms with Crippen LogP contribution in [0, 0.1) is 0 Å². The number of rotatable bonds is 9. The first kappa shape index (κ1) is 24.0. The molecule has 1 fully saturated rings. The first-order valence-corrected chi connectivity index (χ1v) is 11.5. The number of nitrogens with zero attached hydrogens (tertiary/aromatic N) is 1. The summed E-state index contributed by atoms with van der Waals surface area (Å²) in [5, 5.41) is 0.891. The van der Waals surface area contributed by atoms with Crippen molar-refractivity contribution in [3.63, 3.8) is 0 Å². The lowest BCUT2D eigenvalue weighted by molar-refractivity contribution is -0.164. The number of likely N-dealkylation sites (tertiary alicyclic amines) is 1. The molecular formula is C26H25Cl2NO5. The summed E-state index contributed by atoms with van der Waals surface area (Å²) in [6.07, 6.45) is -0.0323. The van der Waals surface area contributed by atoms with Crippen molar-refractivity contribution in [2.24, 2.45) is 0 Å². The molecular weight excluding hydrogens is 477 g/mol. The van der Waals surface area contributed by atoms with E-state index in [-0.39, 0.29) is 11.9 Å². The van der Waals surface area contributed by atoms with Crippen LogP contribution in [-0.4, -0.2) is 44.8 Å². The number of carbonyl (C=O) groups excluding carboxylic acids is 1. The minimum Gasteiger partial charge on any atom is -0.497 e. The fourth-order valence-electron chi connectivity index (χ4n) is 4.02. The van der Waals surface area contributed by atoms with Crippen molar-refractivity contribution in [1.82, 2.24) is 4.90 Å². The normalized spacial score (nSPS) is 17.2. The zero-order chi connectivity index (χ0) is 24.2. The third kappa shape index (κ3) is 4.88. The van der Waals surface area contributed by atoms with Gasteiger partial charge in [-0.15, -0.1) is 0 Å². The van der Waals surface area contributed by atoms with Crippen LogP contribution in [0.2, 0.25) is 10.0 Å². The van der Waals surface area contributed by atoms with Crippen LogP contribution in [0.1, 0.15) is 17.2 Å². The van der Waals surface area contributed by atoms with Crippen LogP contribution >= 0.6 is 23.2 Å². The molecule has 1 heterocycles. The average molecular weight is 502 g/mol. The van der Waals surface area contributed by atoms with Crippen molar-refractivity contribution in [3.8, 4) is 23.0 Å². The van der Waals surface area contributed by atoms with Crippen LogP contribution in [0.4, 0.5) is 0 Å². The van der Waals surface area contributed by atoms with Gasteiger partial charge in [-0.05, 0) is 66.1 Å². The van der Waals surface area contributed by atoms with Crippen molar-refractivity contribution in [3.05, 3.63) is 81.8 Å². The van der Waals surface area contributed by atoms with E-state index in [2.05, 4.69) is 0 Å². The van der Waals surface area contributed by atoms with E-state index in [0.29, 0.717) is 46.0 Å². The maximum absolute atomic E-state index is 13.1. The Morgan fingerprint density at radius 1 is 0.794 bits per heavy atom. The van der Waals surface area contributed by atoms with Crippen LogP contribution in [-0.2, 0) is 11.2 Å². The summed E-state index contributed by atoms with van der Waals surface area (Å²) in [5.74, 6) is 2.52. The summed E-state index contributed by atoms with van der Waals surface area (Å²) in [6.45, 7) is 0.502. The fourth-order valence-corrected chi connectivity index (χ4v) is 4.33. The lowest BCUT2D eigenvalue weighted by atomic mass is 9.90. The van der Waals surface area contributed by atoms with Crippen LogP contribution in [0.25, 0.3) is 0 Å². The van der Waals surface area contributed by atoms with Crippen molar-refractivity contribution in [1.29, 1.82) is 0 Å². The van der Waals surface area contributed by atoms with Gasteiger partial charge in [-0.1, -0.05) is 35.3 Å². The molecule has 0 saturated carbocycles. The second-order valence-electron chi connectivity index (χ2n) is 7.80. The molecule has 1 aliphatic heterocycles. The molecule has 1 aliphatic rings. The zero-order valence-corrected chi connectivity index (χ0v) is 20.6. The number of methoxy groups -OCH3 is 3. The molecule has 4 rings (SSSR count). The topological polar surface area (TPSA) is 57.2 Å². The molecule has 3 aromatic rings. The van der Waals surface area contributed by atoms with E-state index >= 15 is 0 Å². The number of β-lactam (4-membered cyclic amide) rings is 1. The molecule has 1 saturated heterocycles. The standard InChI is InChI=1S/C26H25Cl2NO5/c1-31-18-6-8-19(9-7-18)34-25-24(17-5-10-20(27)21(28)15-17)29(26(25)30)13-12-16-4-11-22(32-2)23(14-16)33-3/h4-11,14-15,24-25H,12-13H2,1-3H3. The highest BCUT2D eigenvalue weighted by Gasteiger charge is 2.50. The summed E-state index contributed by atoms with van der Waals surface area (Å²) in [4.78, 5) is 14.9. The SMILES string of the molecule is COc1ccc(OC2C(=O)N(CCc3ccc(OC)c(OC)c3)C2c2ccc(Cl)c(Cl)c2)cc1. The van der Waals surface area contributed by atoms with Crippen LogP contribution < -0.4 is 18.9 Å². The minimum atomic E-state index is -0.670. The van der Waals surface area contributed by atoms with Crippen molar-refractivity contribution in [2.75, 3.05) is 27.9 Å². The number of halogens is 2. The molecule has 2 unspecified atom stereocenters. The second kappa shape index (κ2) is 10.5. The maximum atomic E-state index is 13.1. The quantitative estimate of drug-likeness (QED) is 0.357. The maximum Gasteiger partial charge on any atom is 0.266 e. The summed E-state index contributed by atoms with van der Waals surface area (Å²) >= 11 is 12.4. The molecule has 0 aliphatic carbocycles. The number of hydrogen-bond donors (Lipinski definition) is 0. The summed E-state index contributed by atoms with van der Waals surface area (Å²) < 4.78 is 22.0. The highest BCUT2D eigenvalue weighted by Crippen LogP contribution is 2.40. The van der Waals surface area contributed by atoms with Crippen LogP contribution in [0.15, 0.2) is 60.7 Å². The molecule has 8 heteroatoms. The minimum absolute atomic E-state index is 0.0904. The van der Waals surface area contributed by atoms with Crippen LogP contribution in [0.3, 0.4) is 0 Å². The number of carbonyl (C=O) groups is 1. The molecule has 2 atom stereocenters. The molecule has 1 amide bonds. The van der Waals surface area contributed by atoms with E-state index in [1.54, 1.807) is 62.6 Å². The van der Waals surface area contributed by atoms with Gasteiger partial charge in [0.1, 0.15) is 17.5 Å². The Labute approximate surface area is 208 Å². The smallest absolute Gasteiger partial charge is 0.266 e. The predicted molar refractivity (Wildman–Crippen MR) is 132 cm³/mol. The fraction of sp³-hybridized carbons (Fsp3) is 0.269.